The van der Waals surface area contributed by atoms with Crippen LogP contribution in [0, 0.1) is 6.92 Å². The summed E-state index contributed by atoms with van der Waals surface area (Å²) >= 11 is 5.82. The van der Waals surface area contributed by atoms with Crippen molar-refractivity contribution in [3.05, 3.63) is 70.2 Å². The maximum absolute atomic E-state index is 10.1. The third kappa shape index (κ3) is 3.32. The molecule has 2 aromatic carbocycles. The molecule has 1 nitrogen and oxygen atoms in total. The Morgan fingerprint density at radius 1 is 1.12 bits per heavy atom. The molecule has 2 heteroatoms. The lowest BCUT2D eigenvalue weighted by atomic mass is 10.0. The molecule has 0 aromatic heterocycles. The zero-order chi connectivity index (χ0) is 12.3. The minimum atomic E-state index is -0.478. The summed E-state index contributed by atoms with van der Waals surface area (Å²) < 4.78 is 0. The molecule has 0 radical (unpaired) electrons. The molecule has 0 spiro atoms. The first-order valence-electron chi connectivity index (χ1n) is 5.64. The summed E-state index contributed by atoms with van der Waals surface area (Å²) in [6.45, 7) is 2.05. The molecule has 88 valence electrons. The molecule has 0 aliphatic heterocycles. The minimum absolute atomic E-state index is 0.478. The summed E-state index contributed by atoms with van der Waals surface area (Å²) in [5, 5.41) is 10.8. The van der Waals surface area contributed by atoms with Crippen LogP contribution in [0.15, 0.2) is 48.5 Å². The lowest BCUT2D eigenvalue weighted by molar-refractivity contribution is 0.178. The molecule has 1 unspecified atom stereocenters. The summed E-state index contributed by atoms with van der Waals surface area (Å²) in [5.41, 5.74) is 3.26. The quantitative estimate of drug-likeness (QED) is 0.870. The van der Waals surface area contributed by atoms with Crippen LogP contribution in [0.1, 0.15) is 22.8 Å². The maximum atomic E-state index is 10.1. The van der Waals surface area contributed by atoms with Crippen molar-refractivity contribution in [1.29, 1.82) is 0 Å². The molecule has 17 heavy (non-hydrogen) atoms. The van der Waals surface area contributed by atoms with Gasteiger partial charge in [-0.25, -0.2) is 0 Å². The van der Waals surface area contributed by atoms with E-state index in [1.54, 1.807) is 12.1 Å². The van der Waals surface area contributed by atoms with Gasteiger partial charge in [0.05, 0.1) is 6.10 Å². The van der Waals surface area contributed by atoms with Crippen LogP contribution >= 0.6 is 11.6 Å². The zero-order valence-corrected chi connectivity index (χ0v) is 10.5. The van der Waals surface area contributed by atoms with Gasteiger partial charge in [-0.15, -0.1) is 0 Å². The molecule has 2 aromatic rings. The Labute approximate surface area is 107 Å². The molecule has 2 rings (SSSR count). The average Bonchev–Trinajstić information content (AvgIpc) is 2.29. The summed E-state index contributed by atoms with van der Waals surface area (Å²) in [5.74, 6) is 0. The Hall–Kier alpha value is -1.31. The summed E-state index contributed by atoms with van der Waals surface area (Å²) in [6, 6.07) is 15.5. The molecule has 0 amide bonds. The van der Waals surface area contributed by atoms with E-state index >= 15 is 0 Å². The molecule has 1 N–H and O–H groups in total. The molecule has 0 saturated carbocycles. The first-order valence-corrected chi connectivity index (χ1v) is 6.02. The van der Waals surface area contributed by atoms with E-state index in [9.17, 15) is 5.11 Å². The molecular formula is C15H15ClO. The second kappa shape index (κ2) is 5.35. The molecule has 0 aliphatic rings. The van der Waals surface area contributed by atoms with Crippen LogP contribution in [0.4, 0.5) is 0 Å². The van der Waals surface area contributed by atoms with Gasteiger partial charge in [-0.05, 0) is 30.2 Å². The Balaban J connectivity index is 2.11. The fourth-order valence-corrected chi connectivity index (χ4v) is 1.99. The van der Waals surface area contributed by atoms with E-state index in [0.29, 0.717) is 11.4 Å². The fraction of sp³-hybridized carbons (Fsp3) is 0.200. The van der Waals surface area contributed by atoms with Gasteiger partial charge >= 0.3 is 0 Å². The first kappa shape index (κ1) is 12.2. The van der Waals surface area contributed by atoms with Crippen LogP contribution in [0.25, 0.3) is 0 Å². The zero-order valence-electron chi connectivity index (χ0n) is 9.73. The van der Waals surface area contributed by atoms with Crippen LogP contribution < -0.4 is 0 Å². The molecule has 1 atom stereocenters. The Bertz CT molecular complexity index is 491. The summed E-state index contributed by atoms with van der Waals surface area (Å²) in [6.07, 6.45) is 0.151. The van der Waals surface area contributed by atoms with Crippen LogP contribution in [-0.2, 0) is 6.42 Å². The summed E-state index contributed by atoms with van der Waals surface area (Å²) in [7, 11) is 0. The topological polar surface area (TPSA) is 20.2 Å². The highest BCUT2D eigenvalue weighted by atomic mass is 35.5. The lowest BCUT2D eigenvalue weighted by Crippen LogP contribution is -2.01. The van der Waals surface area contributed by atoms with Crippen LogP contribution in [0.5, 0.6) is 0 Å². The van der Waals surface area contributed by atoms with Crippen molar-refractivity contribution >= 4 is 11.6 Å². The van der Waals surface area contributed by atoms with Crippen molar-refractivity contribution in [2.75, 3.05) is 0 Å². The van der Waals surface area contributed by atoms with Gasteiger partial charge in [0, 0.05) is 11.4 Å². The number of aliphatic hydroxyl groups is 1. The van der Waals surface area contributed by atoms with Crippen molar-refractivity contribution in [2.45, 2.75) is 19.4 Å². The third-order valence-corrected chi connectivity index (χ3v) is 3.02. The Morgan fingerprint density at radius 2 is 1.82 bits per heavy atom. The van der Waals surface area contributed by atoms with E-state index in [-0.39, 0.29) is 0 Å². The van der Waals surface area contributed by atoms with Crippen LogP contribution in [0.2, 0.25) is 5.02 Å². The van der Waals surface area contributed by atoms with Gasteiger partial charge in [0.2, 0.25) is 0 Å². The van der Waals surface area contributed by atoms with Gasteiger partial charge in [-0.2, -0.15) is 0 Å². The average molecular weight is 247 g/mol. The second-order valence-corrected chi connectivity index (χ2v) is 4.70. The largest absolute Gasteiger partial charge is 0.388 e. The van der Waals surface area contributed by atoms with Crippen LogP contribution in [0.3, 0.4) is 0 Å². The number of benzene rings is 2. The highest BCUT2D eigenvalue weighted by Gasteiger charge is 2.08. The summed E-state index contributed by atoms with van der Waals surface area (Å²) in [4.78, 5) is 0. The minimum Gasteiger partial charge on any atom is -0.388 e. The lowest BCUT2D eigenvalue weighted by Gasteiger charge is -2.11. The van der Waals surface area contributed by atoms with Gasteiger partial charge in [0.25, 0.3) is 0 Å². The maximum Gasteiger partial charge on any atom is 0.0830 e. The number of aryl methyl sites for hydroxylation is 1. The second-order valence-electron chi connectivity index (χ2n) is 4.26. The molecule has 0 saturated heterocycles. The van der Waals surface area contributed by atoms with Gasteiger partial charge < -0.3 is 5.11 Å². The molecule has 0 aliphatic carbocycles. The van der Waals surface area contributed by atoms with E-state index in [4.69, 9.17) is 11.6 Å². The fourth-order valence-electron chi connectivity index (χ4n) is 1.87. The highest BCUT2D eigenvalue weighted by Crippen LogP contribution is 2.20. The van der Waals surface area contributed by atoms with Crippen molar-refractivity contribution in [2.24, 2.45) is 0 Å². The predicted octanol–water partition coefficient (Wildman–Crippen LogP) is 3.92. The van der Waals surface area contributed by atoms with E-state index in [2.05, 4.69) is 19.1 Å². The Morgan fingerprint density at radius 3 is 2.47 bits per heavy atom. The van der Waals surface area contributed by atoms with Crippen LogP contribution in [-0.4, -0.2) is 5.11 Å². The van der Waals surface area contributed by atoms with Crippen molar-refractivity contribution in [1.82, 2.24) is 0 Å². The molecule has 0 bridgehead atoms. The highest BCUT2D eigenvalue weighted by molar-refractivity contribution is 6.30. The first-order chi connectivity index (χ1) is 8.15. The molecule has 0 heterocycles. The normalized spacial score (nSPS) is 12.4. The van der Waals surface area contributed by atoms with Gasteiger partial charge in [-0.3, -0.25) is 0 Å². The van der Waals surface area contributed by atoms with Crippen molar-refractivity contribution in [3.63, 3.8) is 0 Å². The van der Waals surface area contributed by atoms with Crippen molar-refractivity contribution < 1.29 is 5.11 Å². The smallest absolute Gasteiger partial charge is 0.0830 e. The van der Waals surface area contributed by atoms with E-state index < -0.39 is 6.10 Å². The number of aliphatic hydroxyl groups excluding tert-OH is 1. The molecular weight excluding hydrogens is 232 g/mol. The van der Waals surface area contributed by atoms with E-state index in [1.807, 2.05) is 24.3 Å². The van der Waals surface area contributed by atoms with Gasteiger partial charge in [0.1, 0.15) is 0 Å². The third-order valence-electron chi connectivity index (χ3n) is 2.77. The monoisotopic (exact) mass is 246 g/mol. The van der Waals surface area contributed by atoms with E-state index in [1.165, 1.54) is 5.56 Å². The standard InChI is InChI=1S/C15H15ClO/c1-11-3-2-4-12(9-11)10-15(17)13-5-7-14(16)8-6-13/h2-9,15,17H,10H2,1H3. The number of hydrogen-bond acceptors (Lipinski definition) is 1. The predicted molar refractivity (Wildman–Crippen MR) is 71.3 cm³/mol. The Kier molecular flexibility index (Phi) is 3.82. The number of rotatable bonds is 3. The number of hydrogen-bond donors (Lipinski definition) is 1. The van der Waals surface area contributed by atoms with Gasteiger partial charge in [0.15, 0.2) is 0 Å². The number of halogens is 1. The van der Waals surface area contributed by atoms with Gasteiger partial charge in [-0.1, -0.05) is 53.6 Å². The van der Waals surface area contributed by atoms with Crippen molar-refractivity contribution in [3.8, 4) is 0 Å². The van der Waals surface area contributed by atoms with E-state index in [0.717, 1.165) is 11.1 Å². The SMILES string of the molecule is Cc1cccc(CC(O)c2ccc(Cl)cc2)c1. The molecule has 0 fully saturated rings.